The van der Waals surface area contributed by atoms with Crippen LogP contribution < -0.4 is 4.90 Å². The molecule has 1 N–H and O–H groups in total. The summed E-state index contributed by atoms with van der Waals surface area (Å²) >= 11 is 0. The van der Waals surface area contributed by atoms with Gasteiger partial charge in [0.1, 0.15) is 11.3 Å². The second-order valence-electron chi connectivity index (χ2n) is 9.93. The number of nitrogens with one attached hydrogen (secondary N) is 1. The number of para-hydroxylation sites is 1. The summed E-state index contributed by atoms with van der Waals surface area (Å²) in [5, 5.41) is 39.6. The van der Waals surface area contributed by atoms with Crippen molar-refractivity contribution in [2.75, 3.05) is 11.9 Å². The number of anilines is 1. The van der Waals surface area contributed by atoms with Crippen LogP contribution in [0, 0.1) is 68.0 Å². The Morgan fingerprint density at radius 1 is 1.16 bits per heavy atom. The summed E-state index contributed by atoms with van der Waals surface area (Å²) in [7, 11) is 1.66. The van der Waals surface area contributed by atoms with E-state index >= 15 is 0 Å². The average Bonchev–Trinajstić information content (AvgIpc) is 2.98. The summed E-state index contributed by atoms with van der Waals surface area (Å²) in [4.78, 5) is 15.6. The fourth-order valence-electron chi connectivity index (χ4n) is 6.00. The number of fused-ring (bicyclic) bond motifs is 4. The second-order valence-corrected chi connectivity index (χ2v) is 9.93. The van der Waals surface area contributed by atoms with Crippen LogP contribution in [0.2, 0.25) is 0 Å². The number of nitrogens with zero attached hydrogens (tertiary/aromatic N) is 4. The fourth-order valence-corrected chi connectivity index (χ4v) is 6.00. The van der Waals surface area contributed by atoms with Crippen molar-refractivity contribution in [3.8, 4) is 18.2 Å². The highest BCUT2D eigenvalue weighted by Gasteiger charge is 2.74. The molecular weight excluding hydrogens is 386 g/mol. The molecule has 2 aliphatic carbocycles. The summed E-state index contributed by atoms with van der Waals surface area (Å²) in [5.74, 6) is -1.60. The van der Waals surface area contributed by atoms with E-state index in [0.717, 1.165) is 6.42 Å². The second kappa shape index (κ2) is 6.53. The fraction of sp³-hybridized carbons (Fsp3) is 0.480. The van der Waals surface area contributed by atoms with Crippen molar-refractivity contribution >= 4 is 17.3 Å². The standard InChI is InChI=1S/C25H25N5O/c1-23(2,3)15-9-10-16-17(12-26)21(29)24(13-27,14-28)25(19(16)11-15)18-7-5-6-8-20(18)30(4)22(25)31/h5-8,10,15,17,19,29H,9,11H2,1-4H3/t15-,17?,19+,25-/m1/s1. The van der Waals surface area contributed by atoms with Crippen LogP contribution >= 0.6 is 0 Å². The molecule has 3 aliphatic rings. The van der Waals surface area contributed by atoms with Gasteiger partial charge in [-0.2, -0.15) is 15.8 Å². The third kappa shape index (κ3) is 2.30. The summed E-state index contributed by atoms with van der Waals surface area (Å²) in [5.41, 5.74) is -1.94. The first-order valence-electron chi connectivity index (χ1n) is 10.5. The Morgan fingerprint density at radius 2 is 1.81 bits per heavy atom. The van der Waals surface area contributed by atoms with Crippen molar-refractivity contribution in [2.24, 2.45) is 28.6 Å². The van der Waals surface area contributed by atoms with E-state index in [1.165, 1.54) is 4.90 Å². The first-order chi connectivity index (χ1) is 14.6. The first-order valence-corrected chi connectivity index (χ1v) is 10.5. The van der Waals surface area contributed by atoms with Crippen LogP contribution in [0.1, 0.15) is 39.2 Å². The Hall–Kier alpha value is -3.43. The van der Waals surface area contributed by atoms with Gasteiger partial charge in [-0.3, -0.25) is 4.79 Å². The normalized spacial score (nSPS) is 31.2. The number of carbonyl (C=O) groups excluding carboxylic acids is 1. The van der Waals surface area contributed by atoms with Gasteiger partial charge in [0.2, 0.25) is 11.3 Å². The van der Waals surface area contributed by atoms with Gasteiger partial charge in [-0.05, 0) is 41.4 Å². The predicted octanol–water partition coefficient (Wildman–Crippen LogP) is 4.11. The van der Waals surface area contributed by atoms with Gasteiger partial charge >= 0.3 is 0 Å². The van der Waals surface area contributed by atoms with Crippen molar-refractivity contribution in [3.05, 3.63) is 41.5 Å². The number of hydrogen-bond donors (Lipinski definition) is 1. The highest BCUT2D eigenvalue weighted by atomic mass is 16.2. The number of carbonyl (C=O) groups is 1. The average molecular weight is 412 g/mol. The lowest BCUT2D eigenvalue weighted by atomic mass is 9.43. The topological polar surface area (TPSA) is 116 Å². The van der Waals surface area contributed by atoms with Crippen molar-refractivity contribution in [3.63, 3.8) is 0 Å². The zero-order valence-electron chi connectivity index (χ0n) is 18.2. The molecule has 1 aromatic rings. The van der Waals surface area contributed by atoms with Gasteiger partial charge in [-0.1, -0.05) is 45.0 Å². The molecular formula is C25H25N5O. The number of amides is 1. The lowest BCUT2D eigenvalue weighted by Crippen LogP contribution is -2.65. The molecule has 4 rings (SSSR count). The molecule has 1 saturated carbocycles. The third-order valence-corrected chi connectivity index (χ3v) is 7.72. The van der Waals surface area contributed by atoms with Gasteiger partial charge in [-0.15, -0.1) is 0 Å². The van der Waals surface area contributed by atoms with Gasteiger partial charge in [0.05, 0.1) is 23.9 Å². The maximum atomic E-state index is 14.0. The number of allylic oxidation sites excluding steroid dienone is 2. The molecule has 1 spiro atoms. The zero-order chi connectivity index (χ0) is 22.8. The van der Waals surface area contributed by atoms with Gasteiger partial charge in [0.15, 0.2) is 0 Å². The van der Waals surface area contributed by atoms with Crippen LogP contribution in [0.4, 0.5) is 5.69 Å². The minimum absolute atomic E-state index is 0.0503. The molecule has 0 radical (unpaired) electrons. The summed E-state index contributed by atoms with van der Waals surface area (Å²) in [6.07, 6.45) is 3.33. The van der Waals surface area contributed by atoms with Gasteiger partial charge in [-0.25, -0.2) is 0 Å². The van der Waals surface area contributed by atoms with Gasteiger partial charge in [0, 0.05) is 18.7 Å². The van der Waals surface area contributed by atoms with E-state index in [2.05, 4.69) is 39.0 Å². The summed E-state index contributed by atoms with van der Waals surface area (Å²) < 4.78 is 0. The lowest BCUT2D eigenvalue weighted by molar-refractivity contribution is -0.127. The Bertz CT molecular complexity index is 1140. The Kier molecular flexibility index (Phi) is 4.39. The van der Waals surface area contributed by atoms with E-state index in [4.69, 9.17) is 5.41 Å². The maximum Gasteiger partial charge on any atom is 0.241 e. The van der Waals surface area contributed by atoms with Crippen LogP contribution in [-0.2, 0) is 10.2 Å². The van der Waals surface area contributed by atoms with Crippen LogP contribution in [0.5, 0.6) is 0 Å². The molecule has 1 unspecified atom stereocenters. The van der Waals surface area contributed by atoms with Crippen LogP contribution in [-0.4, -0.2) is 18.7 Å². The Labute approximate surface area is 182 Å². The molecule has 1 heterocycles. The first kappa shape index (κ1) is 20.8. The maximum absolute atomic E-state index is 14.0. The minimum Gasteiger partial charge on any atom is -0.314 e. The molecule has 1 amide bonds. The summed E-state index contributed by atoms with van der Waals surface area (Å²) in [6.45, 7) is 6.44. The molecule has 0 bridgehead atoms. The van der Waals surface area contributed by atoms with Crippen LogP contribution in [0.25, 0.3) is 0 Å². The molecule has 6 nitrogen and oxygen atoms in total. The highest BCUT2D eigenvalue weighted by molar-refractivity contribution is 6.16. The molecule has 156 valence electrons. The number of likely N-dealkylation sites (N-methyl/N-ethyl adjacent to an activating group) is 1. The number of rotatable bonds is 0. The minimum atomic E-state index is -2.05. The van der Waals surface area contributed by atoms with Crippen LogP contribution in [0.3, 0.4) is 0 Å². The third-order valence-electron chi connectivity index (χ3n) is 7.72. The lowest BCUT2D eigenvalue weighted by Gasteiger charge is -2.53. The number of benzene rings is 1. The van der Waals surface area contributed by atoms with E-state index < -0.39 is 22.7 Å². The molecule has 31 heavy (non-hydrogen) atoms. The molecule has 1 fully saturated rings. The van der Waals surface area contributed by atoms with E-state index in [1.54, 1.807) is 19.2 Å². The van der Waals surface area contributed by atoms with Crippen molar-refractivity contribution in [1.82, 2.24) is 0 Å². The molecule has 4 atom stereocenters. The molecule has 6 heteroatoms. The van der Waals surface area contributed by atoms with E-state index in [9.17, 15) is 20.6 Å². The van der Waals surface area contributed by atoms with Gasteiger partial charge in [0.25, 0.3) is 0 Å². The Morgan fingerprint density at radius 3 is 2.39 bits per heavy atom. The van der Waals surface area contributed by atoms with Crippen molar-refractivity contribution < 1.29 is 4.79 Å². The monoisotopic (exact) mass is 411 g/mol. The molecule has 1 aliphatic heterocycles. The van der Waals surface area contributed by atoms with Gasteiger partial charge < -0.3 is 10.3 Å². The van der Waals surface area contributed by atoms with E-state index in [-0.39, 0.29) is 23.0 Å². The summed E-state index contributed by atoms with van der Waals surface area (Å²) in [6, 6.07) is 13.6. The van der Waals surface area contributed by atoms with E-state index in [0.29, 0.717) is 23.2 Å². The number of hydrogen-bond acceptors (Lipinski definition) is 5. The predicted molar refractivity (Wildman–Crippen MR) is 116 cm³/mol. The zero-order valence-corrected chi connectivity index (χ0v) is 18.2. The van der Waals surface area contributed by atoms with Crippen LogP contribution in [0.15, 0.2) is 35.9 Å². The quantitative estimate of drug-likeness (QED) is 0.647. The Balaban J connectivity index is 2.13. The van der Waals surface area contributed by atoms with Crippen molar-refractivity contribution in [1.29, 1.82) is 21.2 Å². The molecule has 0 saturated heterocycles. The largest absolute Gasteiger partial charge is 0.314 e. The van der Waals surface area contributed by atoms with E-state index in [1.807, 2.05) is 18.2 Å². The molecule has 0 aromatic heterocycles. The number of nitriles is 3. The highest BCUT2D eigenvalue weighted by Crippen LogP contribution is 2.65. The van der Waals surface area contributed by atoms with Crippen molar-refractivity contribution in [2.45, 2.75) is 39.0 Å². The molecule has 1 aromatic carbocycles. The SMILES string of the molecule is CN1C(=O)[C@@]2(c3ccccc31)[C@H]1C[C@H](C(C)(C)C)CC=C1C(C#N)C(=N)C2(C#N)C#N. The smallest absolute Gasteiger partial charge is 0.241 e.